The molecule has 1 N–H and O–H groups in total. The van der Waals surface area contributed by atoms with Crippen LogP contribution < -0.4 is 0 Å². The van der Waals surface area contributed by atoms with Crippen LogP contribution in [0, 0.1) is 6.92 Å². The molecule has 146 valence electrons. The number of hydrogen-bond donors (Lipinski definition) is 1. The Balaban J connectivity index is 1.76. The molecule has 0 aliphatic carbocycles. The Morgan fingerprint density at radius 2 is 1.82 bits per heavy atom. The number of hydrogen-bond acceptors (Lipinski definition) is 4. The first-order valence-electron chi connectivity index (χ1n) is 8.30. The number of alkyl halides is 3. The van der Waals surface area contributed by atoms with Gasteiger partial charge in [-0.25, -0.2) is 4.98 Å². The van der Waals surface area contributed by atoms with E-state index in [0.717, 1.165) is 17.0 Å². The van der Waals surface area contributed by atoms with E-state index in [9.17, 15) is 18.0 Å². The zero-order chi connectivity index (χ0) is 20.3. The highest BCUT2D eigenvalue weighted by molar-refractivity contribution is 7.98. The number of rotatable bonds is 6. The normalized spacial score (nSPS) is 11.6. The number of carbonyl (C=O) groups is 1. The lowest BCUT2D eigenvalue weighted by atomic mass is 10.1. The lowest BCUT2D eigenvalue weighted by molar-refractivity contribution is -0.138. The molecule has 28 heavy (non-hydrogen) atoms. The molecular formula is C20H16F3NO3S. The van der Waals surface area contributed by atoms with Crippen molar-refractivity contribution in [2.75, 3.05) is 0 Å². The number of nitrogens with zero attached hydrogens (tertiary/aromatic N) is 1. The van der Waals surface area contributed by atoms with Crippen molar-refractivity contribution in [3.05, 3.63) is 71.1 Å². The number of carboxylic acid groups (broad SMARTS) is 1. The van der Waals surface area contributed by atoms with Crippen LogP contribution in [0.25, 0.3) is 11.5 Å². The maximum Gasteiger partial charge on any atom is 0.416 e. The summed E-state index contributed by atoms with van der Waals surface area (Å²) in [7, 11) is 0. The molecule has 0 amide bonds. The molecule has 0 saturated carbocycles. The van der Waals surface area contributed by atoms with E-state index in [1.807, 2.05) is 12.1 Å². The number of aromatic nitrogens is 1. The highest BCUT2D eigenvalue weighted by Crippen LogP contribution is 2.33. The summed E-state index contributed by atoms with van der Waals surface area (Å²) in [5, 5.41) is 9.01. The van der Waals surface area contributed by atoms with Crippen LogP contribution in [0.5, 0.6) is 0 Å². The molecule has 2 aromatic carbocycles. The van der Waals surface area contributed by atoms with E-state index in [-0.39, 0.29) is 12.3 Å². The smallest absolute Gasteiger partial charge is 0.416 e. The molecule has 1 aromatic heterocycles. The standard InChI is InChI=1S/C20H16F3NO3S/c1-12-16(11-28-17-5-3-2-4-14(17)10-18(25)26)27-19(24-12)13-6-8-15(9-7-13)20(21,22)23/h2-9H,10-11H2,1H3,(H,25,26). The summed E-state index contributed by atoms with van der Waals surface area (Å²) in [5.74, 6) is 0.356. The second-order valence-electron chi connectivity index (χ2n) is 6.07. The van der Waals surface area contributed by atoms with Crippen molar-refractivity contribution < 1.29 is 27.5 Å². The predicted molar refractivity (Wildman–Crippen MR) is 99.0 cm³/mol. The molecule has 0 fully saturated rings. The van der Waals surface area contributed by atoms with Crippen LogP contribution >= 0.6 is 11.8 Å². The fraction of sp³-hybridized carbons (Fsp3) is 0.200. The highest BCUT2D eigenvalue weighted by atomic mass is 32.2. The van der Waals surface area contributed by atoms with Gasteiger partial charge >= 0.3 is 12.1 Å². The molecule has 0 aliphatic rings. The summed E-state index contributed by atoms with van der Waals surface area (Å²) < 4.78 is 43.8. The number of carboxylic acids is 1. The molecule has 0 atom stereocenters. The molecule has 0 spiro atoms. The SMILES string of the molecule is Cc1nc(-c2ccc(C(F)(F)F)cc2)oc1CSc1ccccc1CC(=O)O. The summed E-state index contributed by atoms with van der Waals surface area (Å²) in [6.45, 7) is 1.76. The van der Waals surface area contributed by atoms with Gasteiger partial charge in [0.05, 0.1) is 23.4 Å². The summed E-state index contributed by atoms with van der Waals surface area (Å²) in [6, 6.07) is 11.8. The van der Waals surface area contributed by atoms with Gasteiger partial charge in [0, 0.05) is 10.5 Å². The quantitative estimate of drug-likeness (QED) is 0.540. The largest absolute Gasteiger partial charge is 0.481 e. The van der Waals surface area contributed by atoms with Crippen molar-refractivity contribution >= 4 is 17.7 Å². The third-order valence-corrected chi connectivity index (χ3v) is 5.14. The minimum Gasteiger partial charge on any atom is -0.481 e. The highest BCUT2D eigenvalue weighted by Gasteiger charge is 2.30. The minimum absolute atomic E-state index is 0.0740. The Morgan fingerprint density at radius 1 is 1.14 bits per heavy atom. The molecule has 1 heterocycles. The molecule has 0 saturated heterocycles. The fourth-order valence-corrected chi connectivity index (χ4v) is 3.64. The Labute approximate surface area is 163 Å². The Morgan fingerprint density at radius 3 is 2.46 bits per heavy atom. The summed E-state index contributed by atoms with van der Waals surface area (Å²) >= 11 is 1.42. The van der Waals surface area contributed by atoms with Crippen molar-refractivity contribution in [3.63, 3.8) is 0 Å². The van der Waals surface area contributed by atoms with Gasteiger partial charge < -0.3 is 9.52 Å². The first-order chi connectivity index (χ1) is 13.2. The number of halogens is 3. The van der Waals surface area contributed by atoms with E-state index in [1.165, 1.54) is 23.9 Å². The molecule has 0 unspecified atom stereocenters. The Bertz CT molecular complexity index is 981. The van der Waals surface area contributed by atoms with Crippen LogP contribution in [0.1, 0.15) is 22.6 Å². The minimum atomic E-state index is -4.39. The zero-order valence-corrected chi connectivity index (χ0v) is 15.6. The van der Waals surface area contributed by atoms with E-state index >= 15 is 0 Å². The molecular weight excluding hydrogens is 391 g/mol. The third kappa shape index (κ3) is 4.75. The van der Waals surface area contributed by atoms with E-state index in [0.29, 0.717) is 28.3 Å². The van der Waals surface area contributed by atoms with Crippen LogP contribution in [-0.4, -0.2) is 16.1 Å². The summed E-state index contributed by atoms with van der Waals surface area (Å²) in [6.07, 6.45) is -4.47. The van der Waals surface area contributed by atoms with Gasteiger partial charge in [-0.1, -0.05) is 18.2 Å². The number of thioether (sulfide) groups is 1. The van der Waals surface area contributed by atoms with E-state index in [4.69, 9.17) is 9.52 Å². The van der Waals surface area contributed by atoms with Crippen molar-refractivity contribution in [1.29, 1.82) is 0 Å². The Hall–Kier alpha value is -2.74. The second kappa shape index (κ2) is 8.10. The molecule has 3 rings (SSSR count). The molecule has 0 aliphatic heterocycles. The topological polar surface area (TPSA) is 63.3 Å². The van der Waals surface area contributed by atoms with Gasteiger partial charge in [-0.3, -0.25) is 4.79 Å². The molecule has 4 nitrogen and oxygen atoms in total. The average Bonchev–Trinajstić information content (AvgIpc) is 3.01. The number of oxazole rings is 1. The van der Waals surface area contributed by atoms with Gasteiger partial charge in [0.1, 0.15) is 5.76 Å². The maximum atomic E-state index is 12.7. The van der Waals surface area contributed by atoms with Crippen LogP contribution in [-0.2, 0) is 23.1 Å². The lowest BCUT2D eigenvalue weighted by Crippen LogP contribution is -2.03. The monoisotopic (exact) mass is 407 g/mol. The molecule has 0 radical (unpaired) electrons. The number of benzene rings is 2. The van der Waals surface area contributed by atoms with Crippen molar-refractivity contribution in [2.45, 2.75) is 30.2 Å². The molecule has 0 bridgehead atoms. The fourth-order valence-electron chi connectivity index (χ4n) is 2.58. The number of aliphatic carboxylic acids is 1. The van der Waals surface area contributed by atoms with Crippen LogP contribution in [0.4, 0.5) is 13.2 Å². The van der Waals surface area contributed by atoms with Gasteiger partial charge in [0.2, 0.25) is 5.89 Å². The van der Waals surface area contributed by atoms with E-state index < -0.39 is 17.7 Å². The van der Waals surface area contributed by atoms with Gasteiger partial charge in [-0.2, -0.15) is 13.2 Å². The van der Waals surface area contributed by atoms with Gasteiger partial charge in [-0.15, -0.1) is 11.8 Å². The van der Waals surface area contributed by atoms with Crippen molar-refractivity contribution in [2.24, 2.45) is 0 Å². The lowest BCUT2D eigenvalue weighted by Gasteiger charge is -2.06. The van der Waals surface area contributed by atoms with Gasteiger partial charge in [0.15, 0.2) is 0 Å². The maximum absolute atomic E-state index is 12.7. The third-order valence-electron chi connectivity index (χ3n) is 4.02. The van der Waals surface area contributed by atoms with Gasteiger partial charge in [-0.05, 0) is 42.8 Å². The molecule has 3 aromatic rings. The average molecular weight is 407 g/mol. The first-order valence-corrected chi connectivity index (χ1v) is 9.29. The first kappa shape index (κ1) is 20.0. The predicted octanol–water partition coefficient (Wildman–Crippen LogP) is 5.59. The van der Waals surface area contributed by atoms with Crippen LogP contribution in [0.3, 0.4) is 0 Å². The van der Waals surface area contributed by atoms with E-state index in [2.05, 4.69) is 4.98 Å². The Kier molecular flexibility index (Phi) is 5.79. The number of aryl methyl sites for hydroxylation is 1. The van der Waals surface area contributed by atoms with E-state index in [1.54, 1.807) is 19.1 Å². The summed E-state index contributed by atoms with van der Waals surface area (Å²) in [4.78, 5) is 16.1. The molecule has 8 heteroatoms. The second-order valence-corrected chi connectivity index (χ2v) is 7.09. The van der Waals surface area contributed by atoms with Crippen LogP contribution in [0.15, 0.2) is 57.8 Å². The van der Waals surface area contributed by atoms with Crippen molar-refractivity contribution in [3.8, 4) is 11.5 Å². The van der Waals surface area contributed by atoms with Crippen molar-refractivity contribution in [1.82, 2.24) is 4.98 Å². The van der Waals surface area contributed by atoms with Gasteiger partial charge in [0.25, 0.3) is 0 Å². The van der Waals surface area contributed by atoms with Crippen LogP contribution in [0.2, 0.25) is 0 Å². The summed E-state index contributed by atoms with van der Waals surface area (Å²) in [5.41, 5.74) is 1.07. The zero-order valence-electron chi connectivity index (χ0n) is 14.8.